The average Bonchev–Trinajstić information content (AvgIpc) is 2.33. The summed E-state index contributed by atoms with van der Waals surface area (Å²) in [5, 5.41) is 1.23. The summed E-state index contributed by atoms with van der Waals surface area (Å²) in [5.41, 5.74) is 7.30. The minimum atomic E-state index is 0. The van der Waals surface area contributed by atoms with Crippen molar-refractivity contribution in [3.05, 3.63) is 33.8 Å². The van der Waals surface area contributed by atoms with Crippen molar-refractivity contribution in [1.82, 2.24) is 0 Å². The van der Waals surface area contributed by atoms with E-state index < -0.39 is 0 Å². The van der Waals surface area contributed by atoms with Crippen molar-refractivity contribution in [2.45, 2.75) is 38.1 Å². The molecule has 2 rings (SSSR count). The first-order chi connectivity index (χ1) is 7.70. The second-order valence-electron chi connectivity index (χ2n) is 4.57. The van der Waals surface area contributed by atoms with Gasteiger partial charge in [-0.3, -0.25) is 0 Å². The van der Waals surface area contributed by atoms with Gasteiger partial charge in [0.15, 0.2) is 0 Å². The molecule has 0 radical (unpaired) electrons. The van der Waals surface area contributed by atoms with Crippen LogP contribution in [0.1, 0.15) is 43.7 Å². The molecule has 1 atom stereocenters. The fourth-order valence-corrected chi connectivity index (χ4v) is 2.96. The Morgan fingerprint density at radius 2 is 1.76 bits per heavy atom. The van der Waals surface area contributed by atoms with Crippen LogP contribution in [0.2, 0.25) is 10.0 Å². The molecule has 17 heavy (non-hydrogen) atoms. The van der Waals surface area contributed by atoms with E-state index in [1.165, 1.54) is 32.1 Å². The summed E-state index contributed by atoms with van der Waals surface area (Å²) in [4.78, 5) is 0. The van der Waals surface area contributed by atoms with Crippen molar-refractivity contribution in [2.75, 3.05) is 0 Å². The normalized spacial score (nSPS) is 18.5. The van der Waals surface area contributed by atoms with E-state index in [0.29, 0.717) is 16.0 Å². The molecule has 1 saturated carbocycles. The van der Waals surface area contributed by atoms with Crippen molar-refractivity contribution in [3.63, 3.8) is 0 Å². The van der Waals surface area contributed by atoms with E-state index in [2.05, 4.69) is 0 Å². The quantitative estimate of drug-likeness (QED) is 0.816. The van der Waals surface area contributed by atoms with Crippen molar-refractivity contribution < 1.29 is 0 Å². The molecular formula is C13H18Cl3N. The number of hydrogen-bond acceptors (Lipinski definition) is 1. The van der Waals surface area contributed by atoms with Gasteiger partial charge in [0.1, 0.15) is 0 Å². The largest absolute Gasteiger partial charge is 0.324 e. The topological polar surface area (TPSA) is 26.0 Å². The van der Waals surface area contributed by atoms with E-state index in [1.807, 2.05) is 12.1 Å². The molecule has 0 spiro atoms. The highest BCUT2D eigenvalue weighted by Gasteiger charge is 2.23. The Balaban J connectivity index is 0.00000144. The summed E-state index contributed by atoms with van der Waals surface area (Å²) < 4.78 is 0. The molecule has 1 aliphatic carbocycles. The lowest BCUT2D eigenvalue weighted by molar-refractivity contribution is 0.308. The minimum absolute atomic E-state index is 0. The average molecular weight is 295 g/mol. The van der Waals surface area contributed by atoms with Crippen LogP contribution in [-0.2, 0) is 0 Å². The Labute approximate surface area is 119 Å². The fraction of sp³-hybridized carbons (Fsp3) is 0.538. The molecule has 0 aromatic heterocycles. The molecule has 0 aliphatic heterocycles. The van der Waals surface area contributed by atoms with Gasteiger partial charge in [0, 0.05) is 6.04 Å². The molecule has 0 amide bonds. The van der Waals surface area contributed by atoms with E-state index in [-0.39, 0.29) is 18.4 Å². The maximum atomic E-state index is 6.30. The van der Waals surface area contributed by atoms with Crippen molar-refractivity contribution in [3.8, 4) is 0 Å². The van der Waals surface area contributed by atoms with Crippen LogP contribution in [0.3, 0.4) is 0 Å². The first kappa shape index (κ1) is 15.1. The summed E-state index contributed by atoms with van der Waals surface area (Å²) in [6, 6.07) is 5.76. The highest BCUT2D eigenvalue weighted by Crippen LogP contribution is 2.37. The Morgan fingerprint density at radius 3 is 2.41 bits per heavy atom. The number of nitrogens with two attached hydrogens (primary N) is 1. The molecule has 2 N–H and O–H groups in total. The van der Waals surface area contributed by atoms with Gasteiger partial charge in [-0.15, -0.1) is 12.4 Å². The van der Waals surface area contributed by atoms with E-state index in [1.54, 1.807) is 6.07 Å². The second-order valence-corrected chi connectivity index (χ2v) is 5.35. The zero-order chi connectivity index (χ0) is 11.5. The van der Waals surface area contributed by atoms with E-state index in [9.17, 15) is 0 Å². The molecular weight excluding hydrogens is 277 g/mol. The highest BCUT2D eigenvalue weighted by molar-refractivity contribution is 6.42. The van der Waals surface area contributed by atoms with Crippen LogP contribution in [0.4, 0.5) is 0 Å². The lowest BCUT2D eigenvalue weighted by Crippen LogP contribution is -2.23. The van der Waals surface area contributed by atoms with Crippen molar-refractivity contribution in [2.24, 2.45) is 11.7 Å². The summed E-state index contributed by atoms with van der Waals surface area (Å²) in [6.45, 7) is 0. The molecule has 1 aromatic rings. The molecule has 1 nitrogen and oxygen atoms in total. The summed E-state index contributed by atoms with van der Waals surface area (Å²) in [5.74, 6) is 0.560. The standard InChI is InChI=1S/C13H17Cl2N.ClH/c14-11-8-4-7-10(12(11)15)13(16)9-5-2-1-3-6-9;/h4,7-9,13H,1-3,5-6,16H2;1H/t13-;/m1./s1. The molecule has 0 saturated heterocycles. The molecule has 1 fully saturated rings. The van der Waals surface area contributed by atoms with Gasteiger partial charge in [-0.05, 0) is 30.4 Å². The monoisotopic (exact) mass is 293 g/mol. The van der Waals surface area contributed by atoms with Gasteiger partial charge in [0.05, 0.1) is 10.0 Å². The molecule has 4 heteroatoms. The molecule has 0 unspecified atom stereocenters. The van der Waals surface area contributed by atoms with Gasteiger partial charge in [0.25, 0.3) is 0 Å². The van der Waals surface area contributed by atoms with Crippen LogP contribution < -0.4 is 5.73 Å². The minimum Gasteiger partial charge on any atom is -0.324 e. The Bertz CT molecular complexity index is 362. The van der Waals surface area contributed by atoms with Crippen LogP contribution in [-0.4, -0.2) is 0 Å². The van der Waals surface area contributed by atoms with Crippen LogP contribution in [0.25, 0.3) is 0 Å². The summed E-state index contributed by atoms with van der Waals surface area (Å²) >= 11 is 12.2. The van der Waals surface area contributed by atoms with Crippen molar-refractivity contribution in [1.29, 1.82) is 0 Å². The Hall–Kier alpha value is 0.0500. The van der Waals surface area contributed by atoms with Gasteiger partial charge in [-0.1, -0.05) is 54.6 Å². The third kappa shape index (κ3) is 3.51. The molecule has 96 valence electrons. The third-order valence-electron chi connectivity index (χ3n) is 3.50. The Kier molecular flexibility index (Phi) is 6.08. The van der Waals surface area contributed by atoms with Gasteiger partial charge in [0.2, 0.25) is 0 Å². The number of rotatable bonds is 2. The highest BCUT2D eigenvalue weighted by atomic mass is 35.5. The zero-order valence-corrected chi connectivity index (χ0v) is 12.0. The van der Waals surface area contributed by atoms with Gasteiger partial charge < -0.3 is 5.73 Å². The Morgan fingerprint density at radius 1 is 1.12 bits per heavy atom. The van der Waals surface area contributed by atoms with Gasteiger partial charge in [-0.25, -0.2) is 0 Å². The lowest BCUT2D eigenvalue weighted by atomic mass is 9.81. The smallest absolute Gasteiger partial charge is 0.0640 e. The molecule has 1 aromatic carbocycles. The van der Waals surface area contributed by atoms with Crippen LogP contribution in [0, 0.1) is 5.92 Å². The van der Waals surface area contributed by atoms with E-state index in [4.69, 9.17) is 28.9 Å². The molecule has 1 aliphatic rings. The van der Waals surface area contributed by atoms with Crippen LogP contribution >= 0.6 is 35.6 Å². The predicted molar refractivity (Wildman–Crippen MR) is 77.2 cm³/mol. The summed E-state index contributed by atoms with van der Waals surface area (Å²) in [7, 11) is 0. The molecule has 0 heterocycles. The maximum Gasteiger partial charge on any atom is 0.0640 e. The SMILES string of the molecule is Cl.N[C@@H](c1cccc(Cl)c1Cl)C1CCCCC1. The predicted octanol–water partition coefficient (Wildman–Crippen LogP) is 5.00. The van der Waals surface area contributed by atoms with Crippen molar-refractivity contribution >= 4 is 35.6 Å². The van der Waals surface area contributed by atoms with Gasteiger partial charge in [-0.2, -0.15) is 0 Å². The third-order valence-corrected chi connectivity index (χ3v) is 4.33. The lowest BCUT2D eigenvalue weighted by Gasteiger charge is -2.28. The van der Waals surface area contributed by atoms with E-state index in [0.717, 1.165) is 5.56 Å². The molecule has 0 bridgehead atoms. The fourth-order valence-electron chi connectivity index (χ4n) is 2.53. The van der Waals surface area contributed by atoms with Gasteiger partial charge >= 0.3 is 0 Å². The maximum absolute atomic E-state index is 6.30. The van der Waals surface area contributed by atoms with Crippen LogP contribution in [0.5, 0.6) is 0 Å². The number of hydrogen-bond donors (Lipinski definition) is 1. The second kappa shape index (κ2) is 6.84. The number of benzene rings is 1. The number of halogens is 3. The first-order valence-electron chi connectivity index (χ1n) is 5.89. The van der Waals surface area contributed by atoms with E-state index >= 15 is 0 Å². The summed E-state index contributed by atoms with van der Waals surface area (Å²) in [6.07, 6.45) is 6.34. The zero-order valence-electron chi connectivity index (χ0n) is 9.66. The van der Waals surface area contributed by atoms with Crippen LogP contribution in [0.15, 0.2) is 18.2 Å². The first-order valence-corrected chi connectivity index (χ1v) is 6.65.